The predicted molar refractivity (Wildman–Crippen MR) is 69.3 cm³/mol. The lowest BCUT2D eigenvalue weighted by molar-refractivity contribution is -0.216. The molecule has 2 aromatic rings. The van der Waals surface area contributed by atoms with E-state index in [0.717, 1.165) is 11.1 Å². The van der Waals surface area contributed by atoms with Crippen LogP contribution in [0.2, 0.25) is 5.02 Å². The van der Waals surface area contributed by atoms with E-state index in [4.69, 9.17) is 11.6 Å². The Morgan fingerprint density at radius 2 is 1.78 bits per heavy atom. The number of carbonyl (C=O) groups is 1. The van der Waals surface area contributed by atoms with Crippen molar-refractivity contribution in [3.63, 3.8) is 0 Å². The Hall–Kier alpha value is -1.84. The highest BCUT2D eigenvalue weighted by atomic mass is 35.5. The molecule has 0 aromatic heterocycles. The number of benzene rings is 2. The SMILES string of the molecule is COOC(=O)c1cccc(-c2ccccc2)c1Cl. The highest BCUT2D eigenvalue weighted by molar-refractivity contribution is 6.36. The summed E-state index contributed by atoms with van der Waals surface area (Å²) < 4.78 is 0. The van der Waals surface area contributed by atoms with Crippen LogP contribution >= 0.6 is 11.6 Å². The van der Waals surface area contributed by atoms with Crippen molar-refractivity contribution >= 4 is 17.6 Å². The molecule has 0 unspecified atom stereocenters. The average Bonchev–Trinajstić information content (AvgIpc) is 2.40. The van der Waals surface area contributed by atoms with E-state index in [9.17, 15) is 4.79 Å². The minimum absolute atomic E-state index is 0.278. The zero-order chi connectivity index (χ0) is 13.0. The summed E-state index contributed by atoms with van der Waals surface area (Å²) in [4.78, 5) is 20.4. The third-order valence-corrected chi connectivity index (χ3v) is 2.87. The molecule has 0 spiro atoms. The fourth-order valence-electron chi connectivity index (χ4n) is 1.65. The zero-order valence-corrected chi connectivity index (χ0v) is 10.5. The van der Waals surface area contributed by atoms with Crippen LogP contribution in [-0.2, 0) is 9.78 Å². The lowest BCUT2D eigenvalue weighted by atomic mass is 10.0. The summed E-state index contributed by atoms with van der Waals surface area (Å²) in [5, 5.41) is 0.353. The van der Waals surface area contributed by atoms with Gasteiger partial charge in [-0.25, -0.2) is 4.79 Å². The summed E-state index contributed by atoms with van der Waals surface area (Å²) >= 11 is 6.22. The minimum Gasteiger partial charge on any atom is -0.293 e. The Labute approximate surface area is 110 Å². The molecular weight excluding hydrogens is 252 g/mol. The van der Waals surface area contributed by atoms with Crippen molar-refractivity contribution in [2.24, 2.45) is 0 Å². The second kappa shape index (κ2) is 5.67. The van der Waals surface area contributed by atoms with Gasteiger partial charge in [0.25, 0.3) is 0 Å². The van der Waals surface area contributed by atoms with Crippen molar-refractivity contribution in [3.05, 3.63) is 59.1 Å². The molecular formula is C14H11ClO3. The second-order valence-corrected chi connectivity index (χ2v) is 3.95. The molecule has 18 heavy (non-hydrogen) atoms. The van der Waals surface area contributed by atoms with Crippen molar-refractivity contribution in [2.45, 2.75) is 0 Å². The van der Waals surface area contributed by atoms with Gasteiger partial charge >= 0.3 is 5.97 Å². The van der Waals surface area contributed by atoms with Gasteiger partial charge in [0.1, 0.15) is 0 Å². The molecule has 0 fully saturated rings. The first-order valence-electron chi connectivity index (χ1n) is 5.33. The Morgan fingerprint density at radius 3 is 2.44 bits per heavy atom. The highest BCUT2D eigenvalue weighted by Gasteiger charge is 2.15. The summed E-state index contributed by atoms with van der Waals surface area (Å²) in [6.45, 7) is 0. The van der Waals surface area contributed by atoms with E-state index in [-0.39, 0.29) is 5.56 Å². The largest absolute Gasteiger partial charge is 0.374 e. The highest BCUT2D eigenvalue weighted by Crippen LogP contribution is 2.30. The molecule has 0 bridgehead atoms. The van der Waals surface area contributed by atoms with E-state index in [2.05, 4.69) is 9.78 Å². The first-order valence-corrected chi connectivity index (χ1v) is 5.70. The molecule has 0 heterocycles. The van der Waals surface area contributed by atoms with Gasteiger partial charge in [-0.1, -0.05) is 54.1 Å². The topological polar surface area (TPSA) is 35.5 Å². The van der Waals surface area contributed by atoms with Gasteiger partial charge in [0.2, 0.25) is 0 Å². The Morgan fingerprint density at radius 1 is 1.06 bits per heavy atom. The normalized spacial score (nSPS) is 10.1. The molecule has 0 radical (unpaired) electrons. The lowest BCUT2D eigenvalue weighted by Gasteiger charge is -2.08. The molecule has 0 aliphatic rings. The monoisotopic (exact) mass is 262 g/mol. The van der Waals surface area contributed by atoms with Crippen molar-refractivity contribution in [1.82, 2.24) is 0 Å². The summed E-state index contributed by atoms with van der Waals surface area (Å²) in [5.41, 5.74) is 2.00. The van der Waals surface area contributed by atoms with E-state index in [1.807, 2.05) is 36.4 Å². The van der Waals surface area contributed by atoms with Gasteiger partial charge in [0, 0.05) is 5.56 Å². The van der Waals surface area contributed by atoms with Crippen LogP contribution in [0.5, 0.6) is 0 Å². The van der Waals surface area contributed by atoms with Gasteiger partial charge in [-0.2, -0.15) is 4.89 Å². The number of carbonyl (C=O) groups excluding carboxylic acids is 1. The average molecular weight is 263 g/mol. The van der Waals surface area contributed by atoms with E-state index < -0.39 is 5.97 Å². The molecule has 0 aliphatic heterocycles. The van der Waals surface area contributed by atoms with Crippen LogP contribution in [0.3, 0.4) is 0 Å². The molecule has 0 amide bonds. The third-order valence-electron chi connectivity index (χ3n) is 2.46. The molecule has 92 valence electrons. The van der Waals surface area contributed by atoms with Gasteiger partial charge < -0.3 is 0 Å². The molecule has 0 aliphatic carbocycles. The standard InChI is InChI=1S/C14H11ClO3/c1-17-18-14(16)12-9-5-8-11(13(12)15)10-6-3-2-4-7-10/h2-9H,1H3. The van der Waals surface area contributed by atoms with Crippen molar-refractivity contribution in [3.8, 4) is 11.1 Å². The Kier molecular flexibility index (Phi) is 3.97. The maximum Gasteiger partial charge on any atom is 0.374 e. The lowest BCUT2D eigenvalue weighted by Crippen LogP contribution is -2.05. The molecule has 2 aromatic carbocycles. The first-order chi connectivity index (χ1) is 8.74. The smallest absolute Gasteiger partial charge is 0.293 e. The first kappa shape index (κ1) is 12.6. The maximum absolute atomic E-state index is 11.6. The van der Waals surface area contributed by atoms with E-state index in [1.165, 1.54) is 7.11 Å². The fourth-order valence-corrected chi connectivity index (χ4v) is 1.96. The molecule has 2 rings (SSSR count). The van der Waals surface area contributed by atoms with Crippen molar-refractivity contribution in [2.75, 3.05) is 7.11 Å². The molecule has 0 saturated carbocycles. The summed E-state index contributed by atoms with van der Waals surface area (Å²) in [7, 11) is 1.27. The predicted octanol–water partition coefficient (Wildman–Crippen LogP) is 3.73. The number of halogens is 1. The van der Waals surface area contributed by atoms with Crippen LogP contribution in [0.4, 0.5) is 0 Å². The Bertz CT molecular complexity index is 552. The van der Waals surface area contributed by atoms with Gasteiger partial charge in [-0.3, -0.25) is 4.89 Å². The molecule has 0 N–H and O–H groups in total. The molecule has 3 nitrogen and oxygen atoms in total. The minimum atomic E-state index is -0.611. The molecule has 4 heteroatoms. The number of rotatable bonds is 3. The molecule has 0 atom stereocenters. The van der Waals surface area contributed by atoms with Crippen LogP contribution in [0.15, 0.2) is 48.5 Å². The third kappa shape index (κ3) is 2.53. The van der Waals surface area contributed by atoms with Gasteiger partial charge in [0.15, 0.2) is 0 Å². The number of hydrogen-bond acceptors (Lipinski definition) is 3. The van der Waals surface area contributed by atoms with Gasteiger partial charge in [0.05, 0.1) is 17.7 Å². The second-order valence-electron chi connectivity index (χ2n) is 3.57. The van der Waals surface area contributed by atoms with Crippen LogP contribution in [0, 0.1) is 0 Å². The zero-order valence-electron chi connectivity index (χ0n) is 9.72. The Balaban J connectivity index is 2.46. The van der Waals surface area contributed by atoms with Gasteiger partial charge in [-0.15, -0.1) is 0 Å². The summed E-state index contributed by atoms with van der Waals surface area (Å²) in [5.74, 6) is -0.611. The van der Waals surface area contributed by atoms with Crippen LogP contribution in [0.25, 0.3) is 11.1 Å². The summed E-state index contributed by atoms with van der Waals surface area (Å²) in [6.07, 6.45) is 0. The van der Waals surface area contributed by atoms with Crippen LogP contribution < -0.4 is 0 Å². The van der Waals surface area contributed by atoms with Crippen molar-refractivity contribution < 1.29 is 14.6 Å². The van der Waals surface area contributed by atoms with Gasteiger partial charge in [-0.05, 0) is 11.6 Å². The quantitative estimate of drug-likeness (QED) is 0.625. The van der Waals surface area contributed by atoms with E-state index >= 15 is 0 Å². The summed E-state index contributed by atoms with van der Waals surface area (Å²) in [6, 6.07) is 14.8. The van der Waals surface area contributed by atoms with Crippen LogP contribution in [-0.4, -0.2) is 13.1 Å². The van der Waals surface area contributed by atoms with E-state index in [0.29, 0.717) is 5.02 Å². The van der Waals surface area contributed by atoms with Crippen molar-refractivity contribution in [1.29, 1.82) is 0 Å². The maximum atomic E-state index is 11.6. The van der Waals surface area contributed by atoms with E-state index in [1.54, 1.807) is 12.1 Å². The fraction of sp³-hybridized carbons (Fsp3) is 0.0714. The number of hydrogen-bond donors (Lipinski definition) is 0. The molecule has 0 saturated heterocycles. The van der Waals surface area contributed by atoms with Crippen LogP contribution in [0.1, 0.15) is 10.4 Å².